The standard InChI is InChI=1S/C7H12N2O2/c1-5-2-3-6(8-10)7(4-5)9-11/h5-7H,2-4H2,1H3. The zero-order chi connectivity index (χ0) is 8.27. The van der Waals surface area contributed by atoms with Crippen molar-refractivity contribution >= 4 is 0 Å². The van der Waals surface area contributed by atoms with E-state index in [4.69, 9.17) is 0 Å². The van der Waals surface area contributed by atoms with E-state index in [2.05, 4.69) is 17.3 Å². The van der Waals surface area contributed by atoms with Crippen LogP contribution in [0.4, 0.5) is 0 Å². The molecular formula is C7H12N2O2. The van der Waals surface area contributed by atoms with Crippen molar-refractivity contribution in [3.63, 3.8) is 0 Å². The van der Waals surface area contributed by atoms with Crippen LogP contribution in [0.15, 0.2) is 10.4 Å². The van der Waals surface area contributed by atoms with Gasteiger partial charge in [-0.25, -0.2) is 0 Å². The van der Waals surface area contributed by atoms with Gasteiger partial charge in [0.1, 0.15) is 12.1 Å². The highest BCUT2D eigenvalue weighted by Crippen LogP contribution is 2.27. The van der Waals surface area contributed by atoms with E-state index in [1.54, 1.807) is 0 Å². The van der Waals surface area contributed by atoms with Gasteiger partial charge in [0.15, 0.2) is 0 Å². The largest absolute Gasteiger partial charge is 0.150 e. The summed E-state index contributed by atoms with van der Waals surface area (Å²) in [4.78, 5) is 20.4. The van der Waals surface area contributed by atoms with Gasteiger partial charge in [0.2, 0.25) is 0 Å². The monoisotopic (exact) mass is 156 g/mol. The molecule has 0 aromatic carbocycles. The Morgan fingerprint density at radius 3 is 2.27 bits per heavy atom. The summed E-state index contributed by atoms with van der Waals surface area (Å²) in [6, 6.07) is -0.722. The summed E-state index contributed by atoms with van der Waals surface area (Å²) in [5.74, 6) is 0.510. The van der Waals surface area contributed by atoms with Crippen molar-refractivity contribution in [2.75, 3.05) is 0 Å². The van der Waals surface area contributed by atoms with Gasteiger partial charge in [-0.05, 0) is 25.2 Å². The molecular weight excluding hydrogens is 144 g/mol. The maximum absolute atomic E-state index is 10.2. The summed E-state index contributed by atoms with van der Waals surface area (Å²) in [6.45, 7) is 2.07. The van der Waals surface area contributed by atoms with Crippen LogP contribution >= 0.6 is 0 Å². The Labute approximate surface area is 65.3 Å². The molecule has 0 radical (unpaired) electrons. The van der Waals surface area contributed by atoms with Crippen LogP contribution in [0.3, 0.4) is 0 Å². The predicted molar refractivity (Wildman–Crippen MR) is 42.2 cm³/mol. The number of hydrogen-bond acceptors (Lipinski definition) is 4. The van der Waals surface area contributed by atoms with Gasteiger partial charge in [-0.2, -0.15) is 9.81 Å². The topological polar surface area (TPSA) is 58.9 Å². The van der Waals surface area contributed by atoms with Crippen molar-refractivity contribution < 1.29 is 0 Å². The third kappa shape index (κ3) is 1.82. The van der Waals surface area contributed by atoms with Crippen LogP contribution in [0.5, 0.6) is 0 Å². The fraction of sp³-hybridized carbons (Fsp3) is 1.00. The second-order valence-corrected chi connectivity index (χ2v) is 3.26. The smallest absolute Gasteiger partial charge is 0.118 e. The van der Waals surface area contributed by atoms with E-state index in [0.717, 1.165) is 19.3 Å². The van der Waals surface area contributed by atoms with Gasteiger partial charge in [0, 0.05) is 0 Å². The summed E-state index contributed by atoms with van der Waals surface area (Å²) in [5, 5.41) is 5.80. The SMILES string of the molecule is CC1CCC(N=O)C(N=O)C1. The average molecular weight is 156 g/mol. The molecule has 1 aliphatic rings. The molecule has 1 saturated carbocycles. The molecule has 1 rings (SSSR count). The van der Waals surface area contributed by atoms with Gasteiger partial charge in [0.25, 0.3) is 0 Å². The fourth-order valence-electron chi connectivity index (χ4n) is 1.57. The quantitative estimate of drug-likeness (QED) is 0.574. The second-order valence-electron chi connectivity index (χ2n) is 3.26. The Morgan fingerprint density at radius 1 is 1.09 bits per heavy atom. The van der Waals surface area contributed by atoms with Gasteiger partial charge < -0.3 is 0 Å². The van der Waals surface area contributed by atoms with Crippen molar-refractivity contribution in [3.8, 4) is 0 Å². The van der Waals surface area contributed by atoms with E-state index in [0.29, 0.717) is 5.92 Å². The maximum Gasteiger partial charge on any atom is 0.118 e. The third-order valence-corrected chi connectivity index (χ3v) is 2.31. The third-order valence-electron chi connectivity index (χ3n) is 2.31. The average Bonchev–Trinajstić information content (AvgIpc) is 2.04. The minimum Gasteiger partial charge on any atom is -0.150 e. The van der Waals surface area contributed by atoms with E-state index < -0.39 is 0 Å². The van der Waals surface area contributed by atoms with Crippen LogP contribution in [0.25, 0.3) is 0 Å². The summed E-state index contributed by atoms with van der Waals surface area (Å²) in [7, 11) is 0. The van der Waals surface area contributed by atoms with Crippen LogP contribution in [0, 0.1) is 15.7 Å². The highest BCUT2D eigenvalue weighted by Gasteiger charge is 2.30. The first-order chi connectivity index (χ1) is 5.27. The van der Waals surface area contributed by atoms with Crippen LogP contribution in [-0.2, 0) is 0 Å². The molecule has 0 spiro atoms. The number of rotatable bonds is 2. The first-order valence-electron chi connectivity index (χ1n) is 3.93. The highest BCUT2D eigenvalue weighted by atomic mass is 16.3. The van der Waals surface area contributed by atoms with Crippen LogP contribution in [0.1, 0.15) is 26.2 Å². The van der Waals surface area contributed by atoms with Crippen molar-refractivity contribution in [1.29, 1.82) is 0 Å². The van der Waals surface area contributed by atoms with Gasteiger partial charge in [-0.15, -0.1) is 0 Å². The zero-order valence-corrected chi connectivity index (χ0v) is 6.56. The zero-order valence-electron chi connectivity index (χ0n) is 6.56. The van der Waals surface area contributed by atoms with E-state index >= 15 is 0 Å². The molecule has 1 fully saturated rings. The molecule has 1 aliphatic carbocycles. The molecule has 0 bridgehead atoms. The van der Waals surface area contributed by atoms with Crippen LogP contribution < -0.4 is 0 Å². The summed E-state index contributed by atoms with van der Waals surface area (Å²) < 4.78 is 0. The van der Waals surface area contributed by atoms with Crippen LogP contribution in [-0.4, -0.2) is 12.1 Å². The van der Waals surface area contributed by atoms with E-state index in [1.807, 2.05) is 0 Å². The summed E-state index contributed by atoms with van der Waals surface area (Å²) >= 11 is 0. The van der Waals surface area contributed by atoms with Gasteiger partial charge >= 0.3 is 0 Å². The molecule has 0 aromatic rings. The lowest BCUT2D eigenvalue weighted by Gasteiger charge is -2.25. The van der Waals surface area contributed by atoms with E-state index in [9.17, 15) is 9.81 Å². The minimum atomic E-state index is -0.365. The molecule has 0 aliphatic heterocycles. The first-order valence-corrected chi connectivity index (χ1v) is 3.93. The normalized spacial score (nSPS) is 38.1. The van der Waals surface area contributed by atoms with Crippen LogP contribution in [0.2, 0.25) is 0 Å². The Hall–Kier alpha value is -0.800. The first kappa shape index (κ1) is 8.30. The highest BCUT2D eigenvalue weighted by molar-refractivity contribution is 4.87. The minimum absolute atomic E-state index is 0.358. The number of nitrogens with zero attached hydrogens (tertiary/aromatic N) is 2. The van der Waals surface area contributed by atoms with Gasteiger partial charge in [0.05, 0.1) is 0 Å². The molecule has 0 amide bonds. The van der Waals surface area contributed by atoms with Gasteiger partial charge in [-0.3, -0.25) is 0 Å². The summed E-state index contributed by atoms with van der Waals surface area (Å²) in [5.41, 5.74) is 0. The Morgan fingerprint density at radius 2 is 1.73 bits per heavy atom. The fourth-order valence-corrected chi connectivity index (χ4v) is 1.57. The van der Waals surface area contributed by atoms with Crippen molar-refractivity contribution in [3.05, 3.63) is 9.81 Å². The van der Waals surface area contributed by atoms with Crippen molar-refractivity contribution in [2.45, 2.75) is 38.3 Å². The molecule has 3 unspecified atom stereocenters. The molecule has 0 saturated heterocycles. The molecule has 0 aromatic heterocycles. The maximum atomic E-state index is 10.2. The molecule has 4 nitrogen and oxygen atoms in total. The molecule has 3 atom stereocenters. The molecule has 0 heterocycles. The van der Waals surface area contributed by atoms with Gasteiger partial charge in [-0.1, -0.05) is 17.3 Å². The molecule has 62 valence electrons. The Bertz CT molecular complexity index is 161. The predicted octanol–water partition coefficient (Wildman–Crippen LogP) is 2.08. The molecule has 4 heteroatoms. The number of hydrogen-bond donors (Lipinski definition) is 0. The second kappa shape index (κ2) is 3.55. The summed E-state index contributed by atoms with van der Waals surface area (Å²) in [6.07, 6.45) is 2.43. The van der Waals surface area contributed by atoms with E-state index in [-0.39, 0.29) is 12.1 Å². The number of nitroso groups, excluding NO2 is 2. The lowest BCUT2D eigenvalue weighted by Crippen LogP contribution is -2.29. The lowest BCUT2D eigenvalue weighted by molar-refractivity contribution is 0.307. The molecule has 11 heavy (non-hydrogen) atoms. The van der Waals surface area contributed by atoms with E-state index in [1.165, 1.54) is 0 Å². The molecule has 0 N–H and O–H groups in total. The Balaban J connectivity index is 2.54. The lowest BCUT2D eigenvalue weighted by atomic mass is 9.84. The Kier molecular flexibility index (Phi) is 2.68. The van der Waals surface area contributed by atoms with Crippen molar-refractivity contribution in [2.24, 2.45) is 16.3 Å². The van der Waals surface area contributed by atoms with Crippen molar-refractivity contribution in [1.82, 2.24) is 0 Å².